The second-order valence-corrected chi connectivity index (χ2v) is 7.38. The third-order valence-corrected chi connectivity index (χ3v) is 5.51. The Morgan fingerprint density at radius 3 is 2.72 bits per heavy atom. The molecule has 5 heteroatoms. The molecule has 136 valence electrons. The molecule has 3 rings (SSSR count). The van der Waals surface area contributed by atoms with Crippen molar-refractivity contribution >= 4 is 11.8 Å². The maximum atomic E-state index is 12.3. The molecule has 1 aliphatic carbocycles. The number of hydrogen-bond acceptors (Lipinski definition) is 3. The summed E-state index contributed by atoms with van der Waals surface area (Å²) in [6, 6.07) is 10.4. The van der Waals surface area contributed by atoms with Gasteiger partial charge in [0.15, 0.2) is 0 Å². The Bertz CT molecular complexity index is 576. The van der Waals surface area contributed by atoms with E-state index in [9.17, 15) is 9.59 Å². The highest BCUT2D eigenvalue weighted by atomic mass is 16.2. The maximum absolute atomic E-state index is 12.3. The summed E-state index contributed by atoms with van der Waals surface area (Å²) in [5, 5.41) is 6.41. The summed E-state index contributed by atoms with van der Waals surface area (Å²) < 4.78 is 0. The van der Waals surface area contributed by atoms with E-state index in [1.807, 2.05) is 30.3 Å². The van der Waals surface area contributed by atoms with E-state index in [4.69, 9.17) is 0 Å². The Kier molecular flexibility index (Phi) is 6.08. The topological polar surface area (TPSA) is 61.4 Å². The Morgan fingerprint density at radius 2 is 1.96 bits per heavy atom. The van der Waals surface area contributed by atoms with Crippen molar-refractivity contribution in [1.82, 2.24) is 15.5 Å². The van der Waals surface area contributed by atoms with Crippen molar-refractivity contribution in [2.45, 2.75) is 57.2 Å². The Balaban J connectivity index is 1.37. The fourth-order valence-corrected chi connectivity index (χ4v) is 4.07. The smallest absolute Gasteiger partial charge is 0.237 e. The van der Waals surface area contributed by atoms with E-state index in [1.54, 1.807) is 11.9 Å². The lowest BCUT2D eigenvalue weighted by Gasteiger charge is -2.24. The van der Waals surface area contributed by atoms with Crippen LogP contribution in [0.15, 0.2) is 30.3 Å². The number of amides is 2. The second kappa shape index (κ2) is 8.48. The van der Waals surface area contributed by atoms with Crippen LogP contribution >= 0.6 is 0 Å². The highest BCUT2D eigenvalue weighted by Crippen LogP contribution is 2.33. The largest absolute Gasteiger partial charge is 0.354 e. The third-order valence-electron chi connectivity index (χ3n) is 5.51. The lowest BCUT2D eigenvalue weighted by molar-refractivity contribution is -0.130. The minimum Gasteiger partial charge on any atom is -0.354 e. The van der Waals surface area contributed by atoms with Gasteiger partial charge in [0.05, 0.1) is 6.04 Å². The van der Waals surface area contributed by atoms with Crippen molar-refractivity contribution in [1.29, 1.82) is 0 Å². The van der Waals surface area contributed by atoms with Crippen LogP contribution in [0.4, 0.5) is 0 Å². The van der Waals surface area contributed by atoms with Crippen molar-refractivity contribution in [3.63, 3.8) is 0 Å². The predicted molar refractivity (Wildman–Crippen MR) is 97.8 cm³/mol. The lowest BCUT2D eigenvalue weighted by atomic mass is 9.85. The van der Waals surface area contributed by atoms with E-state index in [-0.39, 0.29) is 17.9 Å². The van der Waals surface area contributed by atoms with E-state index in [0.717, 1.165) is 12.0 Å². The second-order valence-electron chi connectivity index (χ2n) is 7.38. The number of fused-ring (bicyclic) bond motifs is 1. The molecule has 0 unspecified atom stereocenters. The predicted octanol–water partition coefficient (Wildman–Crippen LogP) is 2.07. The summed E-state index contributed by atoms with van der Waals surface area (Å²) in [6.45, 7) is 1.01. The van der Waals surface area contributed by atoms with Crippen LogP contribution in [0.25, 0.3) is 0 Å². The molecule has 1 saturated heterocycles. The fourth-order valence-electron chi connectivity index (χ4n) is 4.07. The molecule has 0 spiro atoms. The van der Waals surface area contributed by atoms with Crippen LogP contribution in [-0.2, 0) is 16.1 Å². The normalized spacial score (nSPS) is 25.2. The van der Waals surface area contributed by atoms with Crippen LogP contribution in [0.2, 0.25) is 0 Å². The molecule has 3 atom stereocenters. The molecule has 1 saturated carbocycles. The van der Waals surface area contributed by atoms with Crippen molar-refractivity contribution in [2.75, 3.05) is 13.6 Å². The van der Waals surface area contributed by atoms with Gasteiger partial charge in [-0.3, -0.25) is 9.59 Å². The van der Waals surface area contributed by atoms with Gasteiger partial charge in [0.25, 0.3) is 0 Å². The van der Waals surface area contributed by atoms with Crippen LogP contribution in [0.5, 0.6) is 0 Å². The van der Waals surface area contributed by atoms with Gasteiger partial charge in [-0.05, 0) is 30.7 Å². The zero-order valence-electron chi connectivity index (χ0n) is 15.0. The first kappa shape index (κ1) is 17.9. The molecule has 2 fully saturated rings. The first-order valence-electron chi connectivity index (χ1n) is 9.45. The van der Waals surface area contributed by atoms with Crippen LogP contribution in [-0.4, -0.2) is 42.4 Å². The SMILES string of the molecule is CN(Cc1ccccc1)C(=O)CCNC(=O)[C@@H]1C[C@@H]2CCCC[C@@H]2N1. The number of nitrogens with one attached hydrogen (secondary N) is 2. The van der Waals surface area contributed by atoms with Gasteiger partial charge in [-0.2, -0.15) is 0 Å². The Hall–Kier alpha value is -1.88. The van der Waals surface area contributed by atoms with Crippen molar-refractivity contribution < 1.29 is 9.59 Å². The molecule has 25 heavy (non-hydrogen) atoms. The average molecular weight is 343 g/mol. The van der Waals surface area contributed by atoms with E-state index in [2.05, 4.69) is 10.6 Å². The molecular weight excluding hydrogens is 314 g/mol. The standard InChI is InChI=1S/C20H29N3O2/c1-23(14-15-7-3-2-4-8-15)19(24)11-12-21-20(25)18-13-16-9-5-6-10-17(16)22-18/h2-4,7-8,16-18,22H,5-6,9-14H2,1H3,(H,21,25)/t16-,17-,18-/m0/s1. The first-order valence-corrected chi connectivity index (χ1v) is 9.45. The number of carbonyl (C=O) groups excluding carboxylic acids is 2. The molecule has 5 nitrogen and oxygen atoms in total. The van der Waals surface area contributed by atoms with Gasteiger partial charge in [0, 0.05) is 32.6 Å². The molecule has 2 aliphatic rings. The maximum Gasteiger partial charge on any atom is 0.237 e. The monoisotopic (exact) mass is 343 g/mol. The molecule has 1 aromatic rings. The lowest BCUT2D eigenvalue weighted by Crippen LogP contribution is -2.44. The van der Waals surface area contributed by atoms with Gasteiger partial charge in [-0.15, -0.1) is 0 Å². The van der Waals surface area contributed by atoms with Crippen LogP contribution in [0, 0.1) is 5.92 Å². The number of benzene rings is 1. The van der Waals surface area contributed by atoms with E-state index >= 15 is 0 Å². The van der Waals surface area contributed by atoms with Crippen molar-refractivity contribution in [3.05, 3.63) is 35.9 Å². The Morgan fingerprint density at radius 1 is 1.20 bits per heavy atom. The fraction of sp³-hybridized carbons (Fsp3) is 0.600. The quantitative estimate of drug-likeness (QED) is 0.831. The summed E-state index contributed by atoms with van der Waals surface area (Å²) in [4.78, 5) is 26.3. The summed E-state index contributed by atoms with van der Waals surface area (Å²) >= 11 is 0. The molecular formula is C20H29N3O2. The number of carbonyl (C=O) groups is 2. The third kappa shape index (κ3) is 4.82. The van der Waals surface area contributed by atoms with Gasteiger partial charge in [-0.25, -0.2) is 0 Å². The summed E-state index contributed by atoms with van der Waals surface area (Å²) in [5.74, 6) is 0.758. The number of rotatable bonds is 6. The molecule has 1 heterocycles. The molecule has 0 bridgehead atoms. The highest BCUT2D eigenvalue weighted by Gasteiger charge is 2.37. The minimum atomic E-state index is -0.0785. The minimum absolute atomic E-state index is 0.0490. The molecule has 2 N–H and O–H groups in total. The highest BCUT2D eigenvalue weighted by molar-refractivity contribution is 5.83. The molecule has 1 aromatic carbocycles. The van der Waals surface area contributed by atoms with Crippen LogP contribution in [0.3, 0.4) is 0 Å². The number of hydrogen-bond donors (Lipinski definition) is 2. The van der Waals surface area contributed by atoms with Gasteiger partial charge in [0.2, 0.25) is 11.8 Å². The summed E-state index contributed by atoms with van der Waals surface area (Å²) in [5.41, 5.74) is 1.11. The molecule has 0 aromatic heterocycles. The van der Waals surface area contributed by atoms with Gasteiger partial charge in [0.1, 0.15) is 0 Å². The van der Waals surface area contributed by atoms with Crippen molar-refractivity contribution in [3.8, 4) is 0 Å². The van der Waals surface area contributed by atoms with Crippen molar-refractivity contribution in [2.24, 2.45) is 5.92 Å². The molecule has 1 aliphatic heterocycles. The van der Waals surface area contributed by atoms with E-state index in [1.165, 1.54) is 25.7 Å². The summed E-state index contributed by atoms with van der Waals surface area (Å²) in [6.07, 6.45) is 6.28. The van der Waals surface area contributed by atoms with E-state index in [0.29, 0.717) is 31.5 Å². The average Bonchev–Trinajstić information content (AvgIpc) is 3.06. The van der Waals surface area contributed by atoms with Gasteiger partial charge >= 0.3 is 0 Å². The zero-order chi connectivity index (χ0) is 17.6. The van der Waals surface area contributed by atoms with Gasteiger partial charge in [-0.1, -0.05) is 43.2 Å². The van der Waals surface area contributed by atoms with Crippen LogP contribution < -0.4 is 10.6 Å². The zero-order valence-corrected chi connectivity index (χ0v) is 15.0. The Labute approximate surface area is 150 Å². The van der Waals surface area contributed by atoms with E-state index < -0.39 is 0 Å². The summed E-state index contributed by atoms with van der Waals surface area (Å²) in [7, 11) is 1.81. The molecule has 0 radical (unpaired) electrons. The number of nitrogens with zero attached hydrogens (tertiary/aromatic N) is 1. The van der Waals surface area contributed by atoms with Crippen LogP contribution in [0.1, 0.15) is 44.1 Å². The first-order chi connectivity index (χ1) is 12.1. The van der Waals surface area contributed by atoms with Gasteiger partial charge < -0.3 is 15.5 Å². The molecule has 2 amide bonds.